The molecule has 0 saturated carbocycles. The molecule has 0 radical (unpaired) electrons. The topological polar surface area (TPSA) is 101 Å². The van der Waals surface area contributed by atoms with Crippen molar-refractivity contribution in [2.45, 2.75) is 57.2 Å². The Morgan fingerprint density at radius 2 is 1.39 bits per heavy atom. The maximum Gasteiger partial charge on any atom is 0.408 e. The molecule has 0 spiro atoms. The van der Waals surface area contributed by atoms with Gasteiger partial charge in [0.25, 0.3) is 0 Å². The molecule has 4 aromatic carbocycles. The van der Waals surface area contributed by atoms with Crippen LogP contribution in [-0.2, 0) is 27.9 Å². The molecule has 8 nitrogen and oxygen atoms in total. The largest absolute Gasteiger partial charge is 0.444 e. The number of H-pyrrole nitrogens is 1. The molecule has 0 aliphatic rings. The predicted molar refractivity (Wildman–Crippen MR) is 193 cm³/mol. The number of hydrogen-bond donors (Lipinski definition) is 3. The van der Waals surface area contributed by atoms with E-state index < -0.39 is 23.3 Å². The lowest BCUT2D eigenvalue weighted by molar-refractivity contribution is -0.123. The van der Waals surface area contributed by atoms with Crippen molar-refractivity contribution in [3.05, 3.63) is 162 Å². The smallest absolute Gasteiger partial charge is 0.408 e. The van der Waals surface area contributed by atoms with Crippen molar-refractivity contribution in [1.29, 1.82) is 0 Å². The molecule has 250 valence electrons. The molecule has 0 aliphatic carbocycles. The SMILES string of the molecule is CC(C)(C)OC(=O)N[C@H](Cc1c[nH]c2ccccc12)C(=O)NCCCc1cn(C(c2ccccc2)(c2ccccc2)c2ccccc2)cn1. The van der Waals surface area contributed by atoms with E-state index in [0.717, 1.165) is 38.9 Å². The predicted octanol–water partition coefficient (Wildman–Crippen LogP) is 7.39. The van der Waals surface area contributed by atoms with Crippen LogP contribution in [0.4, 0.5) is 4.79 Å². The standard InChI is InChI=1S/C41H43N5O3/c1-40(2,3)49-39(48)45-37(26-30-27-43-36-24-14-13-23-35(30)36)38(47)42-25-15-22-34-28-46(29-44-34)41(31-16-7-4-8-17-31,32-18-9-5-10-19-32)33-20-11-6-12-21-33/h4-14,16-21,23-24,27-29,37,43H,15,22,25-26H2,1-3H3,(H,42,47)(H,45,48)/t37-/m1/s1. The highest BCUT2D eigenvalue weighted by Gasteiger charge is 2.38. The quantitative estimate of drug-likeness (QED) is 0.0947. The molecule has 49 heavy (non-hydrogen) atoms. The summed E-state index contributed by atoms with van der Waals surface area (Å²) in [6, 6.07) is 38.6. The number of nitrogens with zero attached hydrogens (tertiary/aromatic N) is 2. The number of aryl methyl sites for hydroxylation is 1. The third-order valence-electron chi connectivity index (χ3n) is 8.61. The van der Waals surface area contributed by atoms with Crippen LogP contribution in [0.25, 0.3) is 10.9 Å². The Morgan fingerprint density at radius 1 is 0.816 bits per heavy atom. The first-order valence-corrected chi connectivity index (χ1v) is 16.8. The van der Waals surface area contributed by atoms with E-state index in [1.807, 2.05) is 55.0 Å². The minimum atomic E-state index is -0.809. The molecule has 1 atom stereocenters. The van der Waals surface area contributed by atoms with E-state index in [4.69, 9.17) is 9.72 Å². The van der Waals surface area contributed by atoms with Crippen LogP contribution in [0.15, 0.2) is 134 Å². The first kappa shape index (κ1) is 33.3. The van der Waals surface area contributed by atoms with Crippen LogP contribution < -0.4 is 10.6 Å². The van der Waals surface area contributed by atoms with Gasteiger partial charge in [-0.3, -0.25) is 4.79 Å². The molecular formula is C41H43N5O3. The van der Waals surface area contributed by atoms with Crippen LogP contribution in [0.2, 0.25) is 0 Å². The van der Waals surface area contributed by atoms with E-state index in [-0.39, 0.29) is 5.91 Å². The second kappa shape index (κ2) is 14.6. The number of para-hydroxylation sites is 1. The molecular weight excluding hydrogens is 610 g/mol. The number of carbonyl (C=O) groups excluding carboxylic acids is 2. The van der Waals surface area contributed by atoms with E-state index >= 15 is 0 Å². The Labute approximate surface area is 287 Å². The summed E-state index contributed by atoms with van der Waals surface area (Å²) in [4.78, 5) is 34.3. The highest BCUT2D eigenvalue weighted by Crippen LogP contribution is 2.40. The minimum Gasteiger partial charge on any atom is -0.444 e. The summed E-state index contributed by atoms with van der Waals surface area (Å²) < 4.78 is 7.68. The fraction of sp³-hybridized carbons (Fsp3) is 0.244. The average Bonchev–Trinajstić information content (AvgIpc) is 3.75. The number of ether oxygens (including phenoxy) is 1. The maximum absolute atomic E-state index is 13.5. The van der Waals surface area contributed by atoms with E-state index in [2.05, 4.69) is 99.2 Å². The van der Waals surface area contributed by atoms with Crippen molar-refractivity contribution in [2.75, 3.05) is 6.54 Å². The van der Waals surface area contributed by atoms with Crippen LogP contribution in [-0.4, -0.2) is 44.7 Å². The molecule has 2 amide bonds. The Bertz CT molecular complexity index is 1880. The summed E-state index contributed by atoms with van der Waals surface area (Å²) in [5, 5.41) is 6.85. The van der Waals surface area contributed by atoms with Crippen molar-refractivity contribution < 1.29 is 14.3 Å². The zero-order chi connectivity index (χ0) is 34.3. The van der Waals surface area contributed by atoms with Gasteiger partial charge in [-0.2, -0.15) is 0 Å². The van der Waals surface area contributed by atoms with E-state index in [1.165, 1.54) is 0 Å². The van der Waals surface area contributed by atoms with Crippen LogP contribution in [0.1, 0.15) is 55.1 Å². The fourth-order valence-electron chi connectivity index (χ4n) is 6.45. The lowest BCUT2D eigenvalue weighted by atomic mass is 9.77. The lowest BCUT2D eigenvalue weighted by Gasteiger charge is -2.37. The molecule has 6 rings (SSSR count). The van der Waals surface area contributed by atoms with Crippen LogP contribution in [0.5, 0.6) is 0 Å². The van der Waals surface area contributed by atoms with Crippen LogP contribution >= 0.6 is 0 Å². The van der Waals surface area contributed by atoms with Gasteiger partial charge < -0.3 is 24.9 Å². The van der Waals surface area contributed by atoms with Gasteiger partial charge in [0.15, 0.2) is 0 Å². The molecule has 0 saturated heterocycles. The number of hydrogen-bond acceptors (Lipinski definition) is 4. The normalized spacial score (nSPS) is 12.4. The van der Waals surface area contributed by atoms with Crippen LogP contribution in [0.3, 0.4) is 0 Å². The number of carbonyl (C=O) groups is 2. The maximum atomic E-state index is 13.5. The monoisotopic (exact) mass is 653 g/mol. The Morgan fingerprint density at radius 3 is 1.98 bits per heavy atom. The van der Waals surface area contributed by atoms with Gasteiger partial charge in [-0.15, -0.1) is 0 Å². The number of nitrogens with one attached hydrogen (secondary N) is 3. The number of alkyl carbamates (subject to hydrolysis) is 1. The number of imidazole rings is 1. The first-order chi connectivity index (χ1) is 23.7. The third-order valence-corrected chi connectivity index (χ3v) is 8.61. The summed E-state index contributed by atoms with van der Waals surface area (Å²) in [6.45, 7) is 5.82. The van der Waals surface area contributed by atoms with Crippen molar-refractivity contribution in [1.82, 2.24) is 25.2 Å². The zero-order valence-electron chi connectivity index (χ0n) is 28.2. The Kier molecular flexibility index (Phi) is 9.95. The van der Waals surface area contributed by atoms with Gasteiger partial charge in [0, 0.05) is 36.3 Å². The summed E-state index contributed by atoms with van der Waals surface area (Å²) in [5.41, 5.74) is 4.90. The molecule has 8 heteroatoms. The number of aromatic amines is 1. The van der Waals surface area contributed by atoms with Gasteiger partial charge in [0.1, 0.15) is 17.2 Å². The van der Waals surface area contributed by atoms with Gasteiger partial charge in [0.05, 0.1) is 12.0 Å². The number of fused-ring (bicyclic) bond motifs is 1. The molecule has 0 unspecified atom stereocenters. The van der Waals surface area contributed by atoms with Crippen molar-refractivity contribution in [3.63, 3.8) is 0 Å². The van der Waals surface area contributed by atoms with E-state index in [0.29, 0.717) is 25.8 Å². The van der Waals surface area contributed by atoms with Crippen molar-refractivity contribution >= 4 is 22.9 Å². The number of rotatable bonds is 12. The fourth-order valence-corrected chi connectivity index (χ4v) is 6.45. The molecule has 6 aromatic rings. The summed E-state index contributed by atoms with van der Waals surface area (Å²) in [7, 11) is 0. The Balaban J connectivity index is 1.18. The second-order valence-corrected chi connectivity index (χ2v) is 13.2. The van der Waals surface area contributed by atoms with Gasteiger partial charge in [-0.1, -0.05) is 109 Å². The van der Waals surface area contributed by atoms with E-state index in [1.54, 1.807) is 20.8 Å². The number of amides is 2. The number of benzene rings is 4. The molecule has 0 aliphatic heterocycles. The van der Waals surface area contributed by atoms with Crippen molar-refractivity contribution in [2.24, 2.45) is 0 Å². The zero-order valence-corrected chi connectivity index (χ0v) is 28.2. The lowest BCUT2D eigenvalue weighted by Crippen LogP contribution is -2.49. The minimum absolute atomic E-state index is 0.266. The molecule has 2 aromatic heterocycles. The number of aromatic nitrogens is 3. The van der Waals surface area contributed by atoms with Crippen LogP contribution in [0, 0.1) is 0 Å². The van der Waals surface area contributed by atoms with Gasteiger partial charge in [-0.25, -0.2) is 9.78 Å². The highest BCUT2D eigenvalue weighted by atomic mass is 16.6. The first-order valence-electron chi connectivity index (χ1n) is 16.8. The molecule has 3 N–H and O–H groups in total. The summed E-state index contributed by atoms with van der Waals surface area (Å²) in [6.07, 6.45) is 6.93. The Hall–Kier alpha value is -5.63. The van der Waals surface area contributed by atoms with Gasteiger partial charge in [0.2, 0.25) is 5.91 Å². The van der Waals surface area contributed by atoms with Gasteiger partial charge in [-0.05, 0) is 61.9 Å². The molecule has 0 bridgehead atoms. The average molecular weight is 654 g/mol. The summed E-state index contributed by atoms with van der Waals surface area (Å²) in [5.74, 6) is -0.266. The molecule has 0 fully saturated rings. The van der Waals surface area contributed by atoms with Gasteiger partial charge >= 0.3 is 6.09 Å². The third kappa shape index (κ3) is 7.59. The van der Waals surface area contributed by atoms with E-state index in [9.17, 15) is 9.59 Å². The molecule has 2 heterocycles. The van der Waals surface area contributed by atoms with Crippen molar-refractivity contribution in [3.8, 4) is 0 Å². The highest BCUT2D eigenvalue weighted by molar-refractivity contribution is 5.88. The summed E-state index contributed by atoms with van der Waals surface area (Å²) >= 11 is 0. The second-order valence-electron chi connectivity index (χ2n) is 13.2.